The largest absolute Gasteiger partial charge is 0.471 e. The normalized spacial score (nSPS) is 11.2. The highest BCUT2D eigenvalue weighted by atomic mass is 127. The van der Waals surface area contributed by atoms with Gasteiger partial charge in [-0.05, 0) is 46.7 Å². The van der Waals surface area contributed by atoms with E-state index >= 15 is 0 Å². The van der Waals surface area contributed by atoms with Crippen molar-refractivity contribution in [1.29, 1.82) is 0 Å². The highest BCUT2D eigenvalue weighted by Gasteiger charge is 2.38. The molecule has 1 amide bonds. The first-order valence-electron chi connectivity index (χ1n) is 4.49. The fourth-order valence-electron chi connectivity index (χ4n) is 1.07. The van der Waals surface area contributed by atoms with Crippen molar-refractivity contribution in [2.75, 3.05) is 6.54 Å². The summed E-state index contributed by atoms with van der Waals surface area (Å²) in [6, 6.07) is 7.37. The Morgan fingerprint density at radius 3 is 2.31 bits per heavy atom. The lowest BCUT2D eigenvalue weighted by Crippen LogP contribution is -2.37. The summed E-state index contributed by atoms with van der Waals surface area (Å²) >= 11 is 2.14. The van der Waals surface area contributed by atoms with Crippen LogP contribution in [0.25, 0.3) is 0 Å². The molecule has 2 nitrogen and oxygen atoms in total. The maximum absolute atomic E-state index is 11.8. The van der Waals surface area contributed by atoms with Crippen molar-refractivity contribution >= 4 is 28.5 Å². The minimum absolute atomic E-state index is 0.0149. The number of carbonyl (C=O) groups excluding carboxylic acids is 1. The van der Waals surface area contributed by atoms with Crippen LogP contribution in [0.4, 0.5) is 13.2 Å². The Hall–Kier alpha value is -0.790. The zero-order valence-corrected chi connectivity index (χ0v) is 10.3. The van der Waals surface area contributed by atoms with E-state index in [0.29, 0.717) is 6.42 Å². The lowest BCUT2D eigenvalue weighted by atomic mass is 10.1. The SMILES string of the molecule is O=C(NCCc1ccc(I)cc1)C(F)(F)F. The van der Waals surface area contributed by atoms with Gasteiger partial charge in [-0.2, -0.15) is 13.2 Å². The number of halogens is 4. The van der Waals surface area contributed by atoms with Crippen LogP contribution in [0.2, 0.25) is 0 Å². The molecule has 16 heavy (non-hydrogen) atoms. The van der Waals surface area contributed by atoms with E-state index in [4.69, 9.17) is 0 Å². The van der Waals surface area contributed by atoms with Crippen molar-refractivity contribution in [1.82, 2.24) is 5.32 Å². The third kappa shape index (κ3) is 4.38. The van der Waals surface area contributed by atoms with E-state index in [1.165, 1.54) is 0 Å². The van der Waals surface area contributed by atoms with Crippen LogP contribution < -0.4 is 5.32 Å². The Labute approximate surface area is 104 Å². The molecule has 0 fully saturated rings. The number of hydrogen-bond acceptors (Lipinski definition) is 1. The van der Waals surface area contributed by atoms with Crippen LogP contribution in [0.5, 0.6) is 0 Å². The maximum atomic E-state index is 11.8. The zero-order chi connectivity index (χ0) is 12.2. The summed E-state index contributed by atoms with van der Waals surface area (Å²) in [5.41, 5.74) is 0.892. The standard InChI is InChI=1S/C10H9F3INO/c11-10(12,13)9(16)15-6-5-7-1-3-8(14)4-2-7/h1-4H,5-6H2,(H,15,16). The van der Waals surface area contributed by atoms with Gasteiger partial charge in [0.1, 0.15) is 0 Å². The van der Waals surface area contributed by atoms with E-state index in [-0.39, 0.29) is 6.54 Å². The summed E-state index contributed by atoms with van der Waals surface area (Å²) in [6.07, 6.45) is -4.41. The van der Waals surface area contributed by atoms with Gasteiger partial charge in [0.15, 0.2) is 0 Å². The van der Waals surface area contributed by atoms with Gasteiger partial charge in [-0.25, -0.2) is 0 Å². The Morgan fingerprint density at radius 2 is 1.81 bits per heavy atom. The molecule has 0 aromatic heterocycles. The molecule has 0 saturated carbocycles. The molecule has 1 rings (SSSR count). The minimum Gasteiger partial charge on any atom is -0.348 e. The van der Waals surface area contributed by atoms with Crippen LogP contribution in [0.15, 0.2) is 24.3 Å². The summed E-state index contributed by atoms with van der Waals surface area (Å²) in [6.45, 7) is -0.0149. The van der Waals surface area contributed by atoms with Gasteiger partial charge in [-0.1, -0.05) is 12.1 Å². The van der Waals surface area contributed by atoms with Gasteiger partial charge in [-0.3, -0.25) is 4.79 Å². The lowest BCUT2D eigenvalue weighted by molar-refractivity contribution is -0.173. The van der Waals surface area contributed by atoms with Crippen LogP contribution in [0.1, 0.15) is 5.56 Å². The smallest absolute Gasteiger partial charge is 0.348 e. The molecule has 0 aliphatic rings. The van der Waals surface area contributed by atoms with Crippen LogP contribution in [-0.2, 0) is 11.2 Å². The van der Waals surface area contributed by atoms with Crippen LogP contribution in [0, 0.1) is 3.57 Å². The van der Waals surface area contributed by atoms with Gasteiger partial charge in [0.25, 0.3) is 0 Å². The van der Waals surface area contributed by atoms with E-state index in [1.807, 2.05) is 29.6 Å². The number of nitrogens with one attached hydrogen (secondary N) is 1. The summed E-state index contributed by atoms with van der Waals surface area (Å²) in [5, 5.41) is 1.82. The van der Waals surface area contributed by atoms with E-state index in [2.05, 4.69) is 22.6 Å². The second kappa shape index (κ2) is 5.51. The molecule has 0 unspecified atom stereocenters. The molecule has 0 radical (unpaired) electrons. The van der Waals surface area contributed by atoms with Crippen molar-refractivity contribution in [2.24, 2.45) is 0 Å². The first-order chi connectivity index (χ1) is 7.39. The van der Waals surface area contributed by atoms with Crippen molar-refractivity contribution in [3.8, 4) is 0 Å². The molecule has 6 heteroatoms. The summed E-state index contributed by atoms with van der Waals surface area (Å²) in [5.74, 6) is -1.89. The quantitative estimate of drug-likeness (QED) is 0.840. The number of benzene rings is 1. The second-order valence-electron chi connectivity index (χ2n) is 3.13. The van der Waals surface area contributed by atoms with Crippen LogP contribution in [0.3, 0.4) is 0 Å². The predicted octanol–water partition coefficient (Wildman–Crippen LogP) is 2.51. The monoisotopic (exact) mass is 343 g/mol. The van der Waals surface area contributed by atoms with Gasteiger partial charge >= 0.3 is 12.1 Å². The van der Waals surface area contributed by atoms with Gasteiger partial charge in [0.2, 0.25) is 0 Å². The molecule has 1 N–H and O–H groups in total. The summed E-state index contributed by atoms with van der Waals surface area (Å²) < 4.78 is 36.5. The Kier molecular flexibility index (Phi) is 4.57. The topological polar surface area (TPSA) is 29.1 Å². The molecule has 0 aliphatic heterocycles. The van der Waals surface area contributed by atoms with Gasteiger partial charge in [0, 0.05) is 10.1 Å². The summed E-state index contributed by atoms with van der Waals surface area (Å²) in [7, 11) is 0. The van der Waals surface area contributed by atoms with E-state index < -0.39 is 12.1 Å². The zero-order valence-electron chi connectivity index (χ0n) is 8.14. The average molecular weight is 343 g/mol. The summed E-state index contributed by atoms with van der Waals surface area (Å²) in [4.78, 5) is 10.5. The number of alkyl halides is 3. The molecule has 0 aliphatic carbocycles. The first kappa shape index (κ1) is 13.3. The van der Waals surface area contributed by atoms with Crippen molar-refractivity contribution in [3.05, 3.63) is 33.4 Å². The molecular weight excluding hydrogens is 334 g/mol. The molecule has 0 bridgehead atoms. The fourth-order valence-corrected chi connectivity index (χ4v) is 1.43. The van der Waals surface area contributed by atoms with Crippen molar-refractivity contribution in [2.45, 2.75) is 12.6 Å². The average Bonchev–Trinajstić information content (AvgIpc) is 2.19. The van der Waals surface area contributed by atoms with Gasteiger partial charge < -0.3 is 5.32 Å². The molecule has 1 aromatic rings. The molecular formula is C10H9F3INO. The molecule has 1 aromatic carbocycles. The van der Waals surface area contributed by atoms with Crippen molar-refractivity contribution < 1.29 is 18.0 Å². The number of amides is 1. The Balaban J connectivity index is 2.36. The number of rotatable bonds is 3. The van der Waals surface area contributed by atoms with Gasteiger partial charge in [-0.15, -0.1) is 0 Å². The third-order valence-corrected chi connectivity index (χ3v) is 2.59. The van der Waals surface area contributed by atoms with Crippen LogP contribution >= 0.6 is 22.6 Å². The van der Waals surface area contributed by atoms with Crippen molar-refractivity contribution in [3.63, 3.8) is 0 Å². The maximum Gasteiger partial charge on any atom is 0.471 e. The molecule has 0 atom stereocenters. The lowest BCUT2D eigenvalue weighted by Gasteiger charge is -2.07. The predicted molar refractivity (Wildman–Crippen MR) is 61.9 cm³/mol. The fraction of sp³-hybridized carbons (Fsp3) is 0.300. The number of carbonyl (C=O) groups is 1. The Morgan fingerprint density at radius 1 is 1.25 bits per heavy atom. The van der Waals surface area contributed by atoms with E-state index in [1.54, 1.807) is 0 Å². The minimum atomic E-state index is -4.80. The molecule has 0 spiro atoms. The highest BCUT2D eigenvalue weighted by Crippen LogP contribution is 2.14. The third-order valence-electron chi connectivity index (χ3n) is 1.87. The Bertz CT molecular complexity index is 361. The number of hydrogen-bond donors (Lipinski definition) is 1. The van der Waals surface area contributed by atoms with Gasteiger partial charge in [0.05, 0.1) is 0 Å². The molecule has 88 valence electrons. The van der Waals surface area contributed by atoms with Crippen LogP contribution in [-0.4, -0.2) is 18.6 Å². The first-order valence-corrected chi connectivity index (χ1v) is 5.57. The second-order valence-corrected chi connectivity index (χ2v) is 4.38. The van der Waals surface area contributed by atoms with E-state index in [9.17, 15) is 18.0 Å². The molecule has 0 heterocycles. The van der Waals surface area contributed by atoms with E-state index in [0.717, 1.165) is 9.13 Å². The highest BCUT2D eigenvalue weighted by molar-refractivity contribution is 14.1. The molecule has 0 saturated heterocycles.